The highest BCUT2D eigenvalue weighted by atomic mass is 16.6. The van der Waals surface area contributed by atoms with Gasteiger partial charge in [-0.25, -0.2) is 9.37 Å². The molecule has 2 aromatic carbocycles. The number of aliphatic hydroxyl groups is 1. The minimum Gasteiger partial charge on any atom is -0.460 e. The molecule has 236 valence electrons. The van der Waals surface area contributed by atoms with Crippen molar-refractivity contribution in [3.8, 4) is 22.5 Å². The van der Waals surface area contributed by atoms with Gasteiger partial charge >= 0.3 is 5.97 Å². The fourth-order valence-corrected chi connectivity index (χ4v) is 5.81. The summed E-state index contributed by atoms with van der Waals surface area (Å²) < 4.78 is 25.4. The number of nitrogens with zero attached hydrogens (tertiary/aromatic N) is 2. The fraction of sp³-hybridized carbons (Fsp3) is 0.444. The van der Waals surface area contributed by atoms with Crippen LogP contribution in [0, 0.1) is 13.8 Å². The van der Waals surface area contributed by atoms with Crippen molar-refractivity contribution in [2.24, 2.45) is 0 Å². The minimum atomic E-state index is -0.407. The molecule has 8 nitrogen and oxygen atoms in total. The van der Waals surface area contributed by atoms with Crippen molar-refractivity contribution in [1.82, 2.24) is 4.58 Å². The van der Waals surface area contributed by atoms with E-state index < -0.39 is 5.97 Å². The molecular weight excluding hydrogens is 556 g/mol. The van der Waals surface area contributed by atoms with Crippen LogP contribution in [0.1, 0.15) is 49.2 Å². The molecule has 1 N–H and O–H groups in total. The van der Waals surface area contributed by atoms with Crippen molar-refractivity contribution in [2.75, 3.05) is 70.7 Å². The van der Waals surface area contributed by atoms with Gasteiger partial charge in [-0.05, 0) is 70.9 Å². The lowest BCUT2D eigenvalue weighted by molar-refractivity contribution is 0.00923. The van der Waals surface area contributed by atoms with Crippen LogP contribution in [0.4, 0.5) is 5.69 Å². The molecule has 2 aromatic rings. The van der Waals surface area contributed by atoms with Crippen molar-refractivity contribution in [2.45, 2.75) is 41.5 Å². The molecule has 0 radical (unpaired) electrons. The van der Waals surface area contributed by atoms with E-state index in [0.29, 0.717) is 18.8 Å². The van der Waals surface area contributed by atoms with Crippen LogP contribution in [-0.4, -0.2) is 76.9 Å². The van der Waals surface area contributed by atoms with Crippen molar-refractivity contribution in [1.29, 1.82) is 0 Å². The topological polar surface area (TPSA) is 84.4 Å². The van der Waals surface area contributed by atoms with Crippen LogP contribution in [0.3, 0.4) is 0 Å². The molecule has 1 aliphatic heterocycles. The Morgan fingerprint density at radius 3 is 2.20 bits per heavy atom. The summed E-state index contributed by atoms with van der Waals surface area (Å²) in [7, 11) is 0. The van der Waals surface area contributed by atoms with Gasteiger partial charge in [-0.1, -0.05) is 18.2 Å². The minimum absolute atomic E-state index is 0.0234. The van der Waals surface area contributed by atoms with Gasteiger partial charge in [-0.15, -0.1) is 0 Å². The Kier molecular flexibility index (Phi) is 11.9. The SMILES string of the molecule is CCN(CC)c1cc2oc3cc(=[N+](CC)CC)c(C)cc-3c(-c3ccccc3C(=O)OCCOCCOCCO)c2cc1C. The molecule has 0 spiro atoms. The van der Waals surface area contributed by atoms with Crippen LogP contribution in [0.25, 0.3) is 33.4 Å². The monoisotopic (exact) mass is 603 g/mol. The predicted octanol–water partition coefficient (Wildman–Crippen LogP) is 5.66. The summed E-state index contributed by atoms with van der Waals surface area (Å²) in [5.41, 5.74) is 7.40. The lowest BCUT2D eigenvalue weighted by Gasteiger charge is -2.25. The maximum absolute atomic E-state index is 13.5. The summed E-state index contributed by atoms with van der Waals surface area (Å²) in [4.78, 5) is 15.8. The summed E-state index contributed by atoms with van der Waals surface area (Å²) in [6.07, 6.45) is 0. The number of carbonyl (C=O) groups is 1. The highest BCUT2D eigenvalue weighted by molar-refractivity contribution is 6.08. The summed E-state index contributed by atoms with van der Waals surface area (Å²) in [6.45, 7) is 17.8. The first-order chi connectivity index (χ1) is 21.4. The number of anilines is 1. The number of hydrogen-bond acceptors (Lipinski definition) is 7. The fourth-order valence-electron chi connectivity index (χ4n) is 5.81. The Morgan fingerprint density at radius 2 is 1.52 bits per heavy atom. The van der Waals surface area contributed by atoms with E-state index in [-0.39, 0.29) is 26.4 Å². The Balaban J connectivity index is 1.85. The second-order valence-corrected chi connectivity index (χ2v) is 10.7. The third-order valence-electron chi connectivity index (χ3n) is 8.05. The van der Waals surface area contributed by atoms with Crippen LogP contribution < -0.4 is 14.8 Å². The van der Waals surface area contributed by atoms with Crippen molar-refractivity contribution in [3.05, 3.63) is 70.6 Å². The standard InChI is InChI=1S/C36H47N2O6/c1-7-37(8-2)31-23-33-29(21-25(31)5)35(30-22-26(6)32(24-34(30)44-33)38(9-3)10-4)27-13-11-12-14-28(27)36(40)43-20-19-42-18-17-41-16-15-39/h11-14,21-24,39H,7-10,15-20H2,1-6H3/q+1. The highest BCUT2D eigenvalue weighted by Crippen LogP contribution is 2.43. The highest BCUT2D eigenvalue weighted by Gasteiger charge is 2.25. The van der Waals surface area contributed by atoms with Gasteiger partial charge in [0.25, 0.3) is 0 Å². The molecule has 8 heteroatoms. The number of fused-ring (bicyclic) bond motifs is 2. The average Bonchev–Trinajstić information content (AvgIpc) is 3.03. The van der Waals surface area contributed by atoms with E-state index in [0.717, 1.165) is 81.8 Å². The van der Waals surface area contributed by atoms with E-state index in [1.807, 2.05) is 24.3 Å². The van der Waals surface area contributed by atoms with E-state index in [9.17, 15) is 4.79 Å². The number of hydrogen-bond donors (Lipinski definition) is 1. The van der Waals surface area contributed by atoms with Gasteiger partial charge in [0.15, 0.2) is 0 Å². The Labute approximate surface area is 260 Å². The normalized spacial score (nSPS) is 11.3. The summed E-state index contributed by atoms with van der Waals surface area (Å²) in [5.74, 6) is 0.366. The summed E-state index contributed by atoms with van der Waals surface area (Å²) in [6, 6.07) is 16.3. The molecule has 0 saturated carbocycles. The van der Waals surface area contributed by atoms with Crippen molar-refractivity contribution in [3.63, 3.8) is 0 Å². The van der Waals surface area contributed by atoms with Crippen molar-refractivity contribution >= 4 is 22.6 Å². The van der Waals surface area contributed by atoms with E-state index in [1.165, 1.54) is 0 Å². The molecule has 2 aliphatic rings. The molecule has 44 heavy (non-hydrogen) atoms. The van der Waals surface area contributed by atoms with Crippen molar-refractivity contribution < 1.29 is 28.5 Å². The quantitative estimate of drug-likeness (QED) is 0.0812. The second kappa shape index (κ2) is 15.8. The Bertz CT molecular complexity index is 1600. The first-order valence-corrected chi connectivity index (χ1v) is 15.8. The zero-order chi connectivity index (χ0) is 31.6. The van der Waals surface area contributed by atoms with Crippen LogP contribution in [0.15, 0.2) is 52.9 Å². The Hall–Kier alpha value is -3.72. The number of aryl methyl sites for hydroxylation is 2. The van der Waals surface area contributed by atoms with Gasteiger partial charge < -0.3 is 28.6 Å². The Morgan fingerprint density at radius 1 is 0.841 bits per heavy atom. The molecule has 0 fully saturated rings. The zero-order valence-electron chi connectivity index (χ0n) is 27.1. The molecule has 0 bridgehead atoms. The molecule has 0 unspecified atom stereocenters. The first-order valence-electron chi connectivity index (χ1n) is 15.8. The van der Waals surface area contributed by atoms with E-state index in [1.54, 1.807) is 0 Å². The number of benzene rings is 3. The molecule has 1 heterocycles. The predicted molar refractivity (Wildman–Crippen MR) is 177 cm³/mol. The smallest absolute Gasteiger partial charge is 0.338 e. The average molecular weight is 604 g/mol. The molecule has 4 rings (SSSR count). The maximum Gasteiger partial charge on any atom is 0.338 e. The molecule has 0 saturated heterocycles. The lowest BCUT2D eigenvalue weighted by Crippen LogP contribution is -2.31. The molecule has 0 aromatic heterocycles. The molecular formula is C36H47N2O6+. The third kappa shape index (κ3) is 7.32. The third-order valence-corrected chi connectivity index (χ3v) is 8.05. The van der Waals surface area contributed by atoms with Gasteiger partial charge in [-0.2, -0.15) is 0 Å². The lowest BCUT2D eigenvalue weighted by atomic mass is 9.89. The molecule has 0 amide bonds. The zero-order valence-corrected chi connectivity index (χ0v) is 27.1. The van der Waals surface area contributed by atoms with Gasteiger partial charge in [0.2, 0.25) is 5.36 Å². The largest absolute Gasteiger partial charge is 0.460 e. The maximum atomic E-state index is 13.5. The second-order valence-electron chi connectivity index (χ2n) is 10.7. The number of carbonyl (C=O) groups excluding carboxylic acids is 1. The number of aliphatic hydroxyl groups excluding tert-OH is 1. The summed E-state index contributed by atoms with van der Waals surface area (Å²) >= 11 is 0. The molecule has 0 atom stereocenters. The van der Waals surface area contributed by atoms with E-state index >= 15 is 0 Å². The van der Waals surface area contributed by atoms with E-state index in [4.69, 9.17) is 23.7 Å². The van der Waals surface area contributed by atoms with E-state index in [2.05, 4.69) is 75.3 Å². The van der Waals surface area contributed by atoms with Crippen LogP contribution in [0.5, 0.6) is 0 Å². The van der Waals surface area contributed by atoms with Crippen LogP contribution in [0.2, 0.25) is 0 Å². The van der Waals surface area contributed by atoms with Gasteiger partial charge in [0.1, 0.15) is 31.0 Å². The summed E-state index contributed by atoms with van der Waals surface area (Å²) in [5, 5.41) is 10.9. The van der Waals surface area contributed by atoms with Crippen LogP contribution >= 0.6 is 0 Å². The number of rotatable bonds is 15. The van der Waals surface area contributed by atoms with Gasteiger partial charge in [0.05, 0.1) is 44.7 Å². The molecule has 1 aliphatic carbocycles. The first kappa shape index (κ1) is 33.2. The van der Waals surface area contributed by atoms with Crippen LogP contribution in [-0.2, 0) is 14.2 Å². The number of ether oxygens (including phenoxy) is 3. The number of esters is 1. The van der Waals surface area contributed by atoms with Gasteiger partial charge in [-0.3, -0.25) is 0 Å². The van der Waals surface area contributed by atoms with Gasteiger partial charge in [0, 0.05) is 46.9 Å².